The van der Waals surface area contributed by atoms with Crippen molar-refractivity contribution in [1.82, 2.24) is 14.0 Å². The molecule has 1 atom stereocenters. The summed E-state index contributed by atoms with van der Waals surface area (Å²) >= 11 is 0. The number of aryl methyl sites for hydroxylation is 1. The van der Waals surface area contributed by atoms with Crippen LogP contribution in [0, 0.1) is 6.92 Å². The highest BCUT2D eigenvalue weighted by atomic mass is 16.2. The monoisotopic (exact) mass is 361 g/mol. The molecule has 3 heterocycles. The van der Waals surface area contributed by atoms with Crippen LogP contribution in [0.15, 0.2) is 65.7 Å². The second kappa shape index (κ2) is 6.91. The van der Waals surface area contributed by atoms with Crippen LogP contribution in [-0.2, 0) is 13.1 Å². The molecule has 4 rings (SSSR count). The van der Waals surface area contributed by atoms with Gasteiger partial charge in [-0.3, -0.25) is 9.59 Å². The molecule has 3 aromatic rings. The van der Waals surface area contributed by atoms with Crippen LogP contribution < -0.4 is 5.56 Å². The van der Waals surface area contributed by atoms with Crippen molar-refractivity contribution in [3.8, 4) is 0 Å². The molecule has 1 aliphatic heterocycles. The lowest BCUT2D eigenvalue weighted by atomic mass is 10.1. The zero-order valence-corrected chi connectivity index (χ0v) is 15.6. The van der Waals surface area contributed by atoms with E-state index in [0.717, 1.165) is 23.4 Å². The summed E-state index contributed by atoms with van der Waals surface area (Å²) in [6.07, 6.45) is 3.78. The lowest BCUT2D eigenvalue weighted by molar-refractivity contribution is 0.0641. The maximum atomic E-state index is 13.1. The number of nitrogens with zero attached hydrogens (tertiary/aromatic N) is 3. The zero-order valence-electron chi connectivity index (χ0n) is 15.6. The minimum Gasteiger partial charge on any atom is -0.348 e. The number of rotatable bonds is 3. The number of carbonyl (C=O) groups excluding carboxylic acids is 1. The summed E-state index contributed by atoms with van der Waals surface area (Å²) in [5.41, 5.74) is 3.29. The molecule has 5 heteroatoms. The highest BCUT2D eigenvalue weighted by Gasteiger charge is 2.29. The van der Waals surface area contributed by atoms with Gasteiger partial charge in [-0.1, -0.05) is 29.8 Å². The molecule has 0 aliphatic carbocycles. The Labute approximate surface area is 158 Å². The zero-order chi connectivity index (χ0) is 19.0. The third-order valence-corrected chi connectivity index (χ3v) is 5.29. The number of hydrogen-bond acceptors (Lipinski definition) is 2. The van der Waals surface area contributed by atoms with Gasteiger partial charge in [0.15, 0.2) is 0 Å². The third kappa shape index (κ3) is 3.21. The first kappa shape index (κ1) is 17.3. The van der Waals surface area contributed by atoms with E-state index in [1.807, 2.05) is 50.4 Å². The van der Waals surface area contributed by atoms with Crippen molar-refractivity contribution in [2.75, 3.05) is 6.54 Å². The summed E-state index contributed by atoms with van der Waals surface area (Å²) in [6, 6.07) is 15.5. The molecule has 1 aliphatic rings. The Kier molecular flexibility index (Phi) is 4.44. The highest BCUT2D eigenvalue weighted by molar-refractivity contribution is 5.94. The van der Waals surface area contributed by atoms with Gasteiger partial charge in [0.05, 0.1) is 12.6 Å². The average molecular weight is 361 g/mol. The number of fused-ring (bicyclic) bond motifs is 1. The molecule has 0 spiro atoms. The molecule has 0 saturated carbocycles. The maximum Gasteiger partial charge on any atom is 0.263 e. The minimum atomic E-state index is -0.239. The molecule has 138 valence electrons. The predicted molar refractivity (Wildman–Crippen MR) is 105 cm³/mol. The summed E-state index contributed by atoms with van der Waals surface area (Å²) in [5, 5.41) is 0. The van der Waals surface area contributed by atoms with E-state index < -0.39 is 0 Å². The third-order valence-electron chi connectivity index (χ3n) is 5.29. The summed E-state index contributed by atoms with van der Waals surface area (Å²) in [6.45, 7) is 5.85. The smallest absolute Gasteiger partial charge is 0.263 e. The molecule has 0 radical (unpaired) electrons. The van der Waals surface area contributed by atoms with E-state index in [1.54, 1.807) is 27.8 Å². The van der Waals surface area contributed by atoms with Gasteiger partial charge in [0.1, 0.15) is 5.56 Å². The SMILES string of the molecule is Cc1cccc(Cn2cccc(C(=O)N3CCn4cccc4[C@@H]3C)c2=O)c1. The van der Waals surface area contributed by atoms with Gasteiger partial charge in [-0.2, -0.15) is 0 Å². The van der Waals surface area contributed by atoms with Crippen molar-refractivity contribution in [2.45, 2.75) is 33.0 Å². The van der Waals surface area contributed by atoms with Crippen molar-refractivity contribution in [3.05, 3.63) is 93.7 Å². The van der Waals surface area contributed by atoms with Gasteiger partial charge >= 0.3 is 0 Å². The Morgan fingerprint density at radius 3 is 2.70 bits per heavy atom. The van der Waals surface area contributed by atoms with Crippen LogP contribution in [0.25, 0.3) is 0 Å². The van der Waals surface area contributed by atoms with Crippen molar-refractivity contribution >= 4 is 5.91 Å². The van der Waals surface area contributed by atoms with E-state index in [0.29, 0.717) is 13.1 Å². The van der Waals surface area contributed by atoms with Gasteiger partial charge in [0, 0.05) is 31.2 Å². The van der Waals surface area contributed by atoms with E-state index in [1.165, 1.54) is 0 Å². The van der Waals surface area contributed by atoms with E-state index in [4.69, 9.17) is 0 Å². The van der Waals surface area contributed by atoms with Gasteiger partial charge < -0.3 is 14.0 Å². The fourth-order valence-electron chi connectivity index (χ4n) is 3.84. The normalized spacial score (nSPS) is 16.2. The van der Waals surface area contributed by atoms with E-state index in [-0.39, 0.29) is 23.1 Å². The molecular formula is C22H23N3O2. The van der Waals surface area contributed by atoms with Crippen LogP contribution in [0.3, 0.4) is 0 Å². The topological polar surface area (TPSA) is 47.2 Å². The Morgan fingerprint density at radius 2 is 1.89 bits per heavy atom. The average Bonchev–Trinajstić information content (AvgIpc) is 3.13. The van der Waals surface area contributed by atoms with E-state index in [9.17, 15) is 9.59 Å². The second-order valence-electron chi connectivity index (χ2n) is 7.14. The van der Waals surface area contributed by atoms with Gasteiger partial charge in [0.25, 0.3) is 11.5 Å². The van der Waals surface area contributed by atoms with Crippen LogP contribution in [-0.4, -0.2) is 26.5 Å². The number of aromatic nitrogens is 2. The summed E-state index contributed by atoms with van der Waals surface area (Å²) in [7, 11) is 0. The molecule has 27 heavy (non-hydrogen) atoms. The molecular weight excluding hydrogens is 338 g/mol. The Morgan fingerprint density at radius 1 is 1.07 bits per heavy atom. The van der Waals surface area contributed by atoms with Gasteiger partial charge in [0.2, 0.25) is 0 Å². The maximum absolute atomic E-state index is 13.1. The molecule has 0 fully saturated rings. The molecule has 0 saturated heterocycles. The van der Waals surface area contributed by atoms with Gasteiger partial charge in [-0.05, 0) is 43.7 Å². The highest BCUT2D eigenvalue weighted by Crippen LogP contribution is 2.26. The second-order valence-corrected chi connectivity index (χ2v) is 7.14. The first-order valence-electron chi connectivity index (χ1n) is 9.25. The largest absolute Gasteiger partial charge is 0.348 e. The van der Waals surface area contributed by atoms with E-state index in [2.05, 4.69) is 10.6 Å². The van der Waals surface area contributed by atoms with Gasteiger partial charge in [-0.15, -0.1) is 0 Å². The number of amides is 1. The number of pyridine rings is 1. The Bertz CT molecular complexity index is 1050. The molecule has 0 unspecified atom stereocenters. The molecule has 0 bridgehead atoms. The van der Waals surface area contributed by atoms with Crippen LogP contribution in [0.2, 0.25) is 0 Å². The number of hydrogen-bond donors (Lipinski definition) is 0. The number of benzene rings is 1. The van der Waals surface area contributed by atoms with Crippen LogP contribution in [0.1, 0.15) is 40.1 Å². The van der Waals surface area contributed by atoms with Gasteiger partial charge in [-0.25, -0.2) is 0 Å². The fraction of sp³-hybridized carbons (Fsp3) is 0.273. The van der Waals surface area contributed by atoms with Crippen LogP contribution in [0.4, 0.5) is 0 Å². The van der Waals surface area contributed by atoms with Crippen LogP contribution >= 0.6 is 0 Å². The fourth-order valence-corrected chi connectivity index (χ4v) is 3.84. The Hall–Kier alpha value is -3.08. The standard InChI is InChI=1S/C22H23N3O2/c1-16-6-3-7-18(14-16)15-24-11-4-8-19(21(24)26)22(27)25-13-12-23-10-5-9-20(23)17(25)2/h3-11,14,17H,12-13,15H2,1-2H3/t17-/m0/s1. The van der Waals surface area contributed by atoms with Crippen molar-refractivity contribution < 1.29 is 4.79 Å². The lowest BCUT2D eigenvalue weighted by Gasteiger charge is -2.34. The van der Waals surface area contributed by atoms with Crippen molar-refractivity contribution in [1.29, 1.82) is 0 Å². The first-order chi connectivity index (χ1) is 13.0. The quantitative estimate of drug-likeness (QED) is 0.719. The van der Waals surface area contributed by atoms with Crippen molar-refractivity contribution in [2.24, 2.45) is 0 Å². The summed E-state index contributed by atoms with van der Waals surface area (Å²) < 4.78 is 3.77. The van der Waals surface area contributed by atoms with Crippen LogP contribution in [0.5, 0.6) is 0 Å². The minimum absolute atomic E-state index is 0.0499. The molecule has 0 N–H and O–H groups in total. The summed E-state index contributed by atoms with van der Waals surface area (Å²) in [5.74, 6) is -0.196. The van der Waals surface area contributed by atoms with Crippen molar-refractivity contribution in [3.63, 3.8) is 0 Å². The lowest BCUT2D eigenvalue weighted by Crippen LogP contribution is -2.43. The summed E-state index contributed by atoms with van der Waals surface area (Å²) in [4.78, 5) is 27.9. The molecule has 1 aromatic carbocycles. The molecule has 1 amide bonds. The predicted octanol–water partition coefficient (Wildman–Crippen LogP) is 3.22. The molecule has 2 aromatic heterocycles. The number of carbonyl (C=O) groups is 1. The Balaban J connectivity index is 1.63. The molecule has 5 nitrogen and oxygen atoms in total. The van der Waals surface area contributed by atoms with E-state index >= 15 is 0 Å². The first-order valence-corrected chi connectivity index (χ1v) is 9.25.